The lowest BCUT2D eigenvalue weighted by Gasteiger charge is -2.27. The molecule has 21 heavy (non-hydrogen) atoms. The number of thiophene rings is 1. The third kappa shape index (κ3) is 3.97. The second-order valence-corrected chi connectivity index (χ2v) is 6.71. The lowest BCUT2D eigenvalue weighted by Crippen LogP contribution is -2.49. The molecular formula is C15H22N2O3S. The molecule has 5 nitrogen and oxygen atoms in total. The Morgan fingerprint density at radius 3 is 2.90 bits per heavy atom. The van der Waals surface area contributed by atoms with E-state index in [4.69, 9.17) is 5.11 Å². The van der Waals surface area contributed by atoms with Gasteiger partial charge in [0.05, 0.1) is 5.92 Å². The Balaban J connectivity index is 1.88. The standard InChI is InChI=1S/C15H22N2O3S/c1-10(9-11-5-4-8-21-11)17(2)15(20)16-13-7-3-6-12(13)14(18)19/h4-5,8,10,12-13H,3,6-7,9H2,1-2H3,(H,16,20)(H,18,19). The minimum Gasteiger partial charge on any atom is -0.481 e. The molecule has 1 fully saturated rings. The van der Waals surface area contributed by atoms with Gasteiger partial charge in [-0.25, -0.2) is 4.79 Å². The number of amides is 2. The van der Waals surface area contributed by atoms with E-state index in [1.54, 1.807) is 23.3 Å². The van der Waals surface area contributed by atoms with Crippen molar-refractivity contribution in [1.82, 2.24) is 10.2 Å². The molecule has 116 valence electrons. The van der Waals surface area contributed by atoms with Crippen LogP contribution >= 0.6 is 11.3 Å². The van der Waals surface area contributed by atoms with Crippen LogP contribution in [0.2, 0.25) is 0 Å². The number of urea groups is 1. The first kappa shape index (κ1) is 15.8. The number of carboxylic acid groups (broad SMARTS) is 1. The molecule has 0 aliphatic heterocycles. The number of aliphatic carboxylic acids is 1. The summed E-state index contributed by atoms with van der Waals surface area (Å²) >= 11 is 1.68. The van der Waals surface area contributed by atoms with Crippen molar-refractivity contribution in [3.05, 3.63) is 22.4 Å². The van der Waals surface area contributed by atoms with Crippen molar-refractivity contribution in [3.8, 4) is 0 Å². The normalized spacial score (nSPS) is 22.8. The van der Waals surface area contributed by atoms with Crippen LogP contribution in [0.1, 0.15) is 31.1 Å². The van der Waals surface area contributed by atoms with E-state index in [9.17, 15) is 9.59 Å². The summed E-state index contributed by atoms with van der Waals surface area (Å²) in [7, 11) is 1.76. The van der Waals surface area contributed by atoms with Gasteiger partial charge in [-0.1, -0.05) is 12.5 Å². The van der Waals surface area contributed by atoms with Gasteiger partial charge < -0.3 is 15.3 Å². The number of hydrogen-bond donors (Lipinski definition) is 2. The molecule has 0 bridgehead atoms. The SMILES string of the molecule is CC(Cc1cccs1)N(C)C(=O)NC1CCCC1C(=O)O. The number of carboxylic acids is 1. The van der Waals surface area contributed by atoms with Gasteiger partial charge in [-0.15, -0.1) is 11.3 Å². The summed E-state index contributed by atoms with van der Waals surface area (Å²) < 4.78 is 0. The molecule has 0 saturated heterocycles. The van der Waals surface area contributed by atoms with E-state index in [-0.39, 0.29) is 18.1 Å². The number of carbonyl (C=O) groups excluding carboxylic acids is 1. The number of hydrogen-bond acceptors (Lipinski definition) is 3. The zero-order valence-electron chi connectivity index (χ0n) is 12.4. The van der Waals surface area contributed by atoms with Crippen LogP contribution in [0.5, 0.6) is 0 Å². The molecule has 2 rings (SSSR count). The highest BCUT2D eigenvalue weighted by atomic mass is 32.1. The van der Waals surface area contributed by atoms with Crippen LogP contribution in [0.25, 0.3) is 0 Å². The van der Waals surface area contributed by atoms with Crippen molar-refractivity contribution in [3.63, 3.8) is 0 Å². The maximum atomic E-state index is 12.3. The molecule has 2 amide bonds. The average Bonchev–Trinajstić information content (AvgIpc) is 3.08. The molecule has 0 spiro atoms. The highest BCUT2D eigenvalue weighted by Crippen LogP contribution is 2.26. The van der Waals surface area contributed by atoms with Crippen LogP contribution < -0.4 is 5.32 Å². The van der Waals surface area contributed by atoms with Gasteiger partial charge in [0, 0.05) is 30.4 Å². The Bertz CT molecular complexity index is 489. The Hall–Kier alpha value is -1.56. The molecule has 1 saturated carbocycles. The van der Waals surface area contributed by atoms with E-state index < -0.39 is 11.9 Å². The van der Waals surface area contributed by atoms with E-state index in [1.807, 2.05) is 18.4 Å². The van der Waals surface area contributed by atoms with Crippen LogP contribution in [-0.4, -0.2) is 41.1 Å². The summed E-state index contributed by atoms with van der Waals surface area (Å²) in [5.41, 5.74) is 0. The fraction of sp³-hybridized carbons (Fsp3) is 0.600. The molecule has 1 heterocycles. The topological polar surface area (TPSA) is 69.6 Å². The molecule has 0 aromatic carbocycles. The predicted octanol–water partition coefficient (Wildman–Crippen LogP) is 2.57. The first-order valence-corrected chi connectivity index (χ1v) is 8.15. The Labute approximate surface area is 129 Å². The number of carbonyl (C=O) groups is 2. The minimum absolute atomic E-state index is 0.0772. The van der Waals surface area contributed by atoms with Crippen molar-refractivity contribution < 1.29 is 14.7 Å². The summed E-state index contributed by atoms with van der Waals surface area (Å²) in [5.74, 6) is -1.26. The van der Waals surface area contributed by atoms with Gasteiger partial charge in [-0.3, -0.25) is 4.79 Å². The smallest absolute Gasteiger partial charge is 0.317 e. The van der Waals surface area contributed by atoms with E-state index in [0.717, 1.165) is 19.3 Å². The zero-order chi connectivity index (χ0) is 15.4. The lowest BCUT2D eigenvalue weighted by molar-refractivity contribution is -0.142. The second-order valence-electron chi connectivity index (χ2n) is 5.68. The molecule has 1 aromatic rings. The van der Waals surface area contributed by atoms with Gasteiger partial charge in [0.2, 0.25) is 0 Å². The van der Waals surface area contributed by atoms with Gasteiger partial charge in [0.15, 0.2) is 0 Å². The van der Waals surface area contributed by atoms with E-state index in [2.05, 4.69) is 11.4 Å². The molecule has 2 N–H and O–H groups in total. The third-order valence-corrected chi connectivity index (χ3v) is 5.10. The first-order chi connectivity index (χ1) is 9.99. The van der Waals surface area contributed by atoms with E-state index >= 15 is 0 Å². The highest BCUT2D eigenvalue weighted by Gasteiger charge is 2.34. The van der Waals surface area contributed by atoms with E-state index in [1.165, 1.54) is 4.88 Å². The van der Waals surface area contributed by atoms with Gasteiger partial charge >= 0.3 is 12.0 Å². The number of rotatable bonds is 5. The molecule has 1 aromatic heterocycles. The van der Waals surface area contributed by atoms with Gasteiger partial charge in [-0.05, 0) is 31.2 Å². The maximum absolute atomic E-state index is 12.3. The second kappa shape index (κ2) is 6.93. The van der Waals surface area contributed by atoms with Crippen LogP contribution in [-0.2, 0) is 11.2 Å². The Morgan fingerprint density at radius 1 is 1.52 bits per heavy atom. The molecule has 3 atom stereocenters. The van der Waals surface area contributed by atoms with Crippen LogP contribution in [0, 0.1) is 5.92 Å². The quantitative estimate of drug-likeness (QED) is 0.878. The van der Waals surface area contributed by atoms with Gasteiger partial charge in [0.1, 0.15) is 0 Å². The molecule has 6 heteroatoms. The summed E-state index contributed by atoms with van der Waals surface area (Å²) in [6, 6.07) is 3.71. The first-order valence-electron chi connectivity index (χ1n) is 7.27. The molecule has 0 radical (unpaired) electrons. The van der Waals surface area contributed by atoms with Crippen molar-refractivity contribution in [1.29, 1.82) is 0 Å². The highest BCUT2D eigenvalue weighted by molar-refractivity contribution is 7.09. The molecule has 1 aliphatic rings. The molecule has 1 aliphatic carbocycles. The Kier molecular flexibility index (Phi) is 5.22. The molecule has 3 unspecified atom stereocenters. The van der Waals surface area contributed by atoms with Crippen LogP contribution in [0.15, 0.2) is 17.5 Å². The van der Waals surface area contributed by atoms with Crippen molar-refractivity contribution in [2.75, 3.05) is 7.05 Å². The monoisotopic (exact) mass is 310 g/mol. The third-order valence-electron chi connectivity index (χ3n) is 4.20. The van der Waals surface area contributed by atoms with Crippen LogP contribution in [0.4, 0.5) is 4.79 Å². The van der Waals surface area contributed by atoms with Crippen LogP contribution in [0.3, 0.4) is 0 Å². The average molecular weight is 310 g/mol. The number of likely N-dealkylation sites (N-methyl/N-ethyl adjacent to an activating group) is 1. The fourth-order valence-corrected chi connectivity index (χ4v) is 3.57. The van der Waals surface area contributed by atoms with E-state index in [0.29, 0.717) is 6.42 Å². The largest absolute Gasteiger partial charge is 0.481 e. The number of nitrogens with one attached hydrogen (secondary N) is 1. The minimum atomic E-state index is -0.813. The lowest BCUT2D eigenvalue weighted by atomic mass is 10.0. The zero-order valence-corrected chi connectivity index (χ0v) is 13.2. The van der Waals surface area contributed by atoms with Crippen molar-refractivity contribution in [2.24, 2.45) is 5.92 Å². The Morgan fingerprint density at radius 2 is 2.29 bits per heavy atom. The summed E-state index contributed by atoms with van der Waals surface area (Å²) in [4.78, 5) is 26.3. The maximum Gasteiger partial charge on any atom is 0.317 e. The summed E-state index contributed by atoms with van der Waals surface area (Å²) in [5, 5.41) is 14.1. The van der Waals surface area contributed by atoms with Gasteiger partial charge in [0.25, 0.3) is 0 Å². The summed E-state index contributed by atoms with van der Waals surface area (Å²) in [6.45, 7) is 2.00. The van der Waals surface area contributed by atoms with Gasteiger partial charge in [-0.2, -0.15) is 0 Å². The molecular weight excluding hydrogens is 288 g/mol. The number of nitrogens with zero attached hydrogens (tertiary/aromatic N) is 1. The fourth-order valence-electron chi connectivity index (χ4n) is 2.75. The van der Waals surface area contributed by atoms with Crippen molar-refractivity contribution >= 4 is 23.3 Å². The van der Waals surface area contributed by atoms with Crippen molar-refractivity contribution in [2.45, 2.75) is 44.7 Å². The summed E-state index contributed by atoms with van der Waals surface area (Å²) in [6.07, 6.45) is 3.07. The predicted molar refractivity (Wildman–Crippen MR) is 82.5 cm³/mol.